The SMILES string of the molecule is CCOc1ccc(NC(=O)c2ccc([C@H]3Nc4cc(C(F)(F)F)ccc4S(=O)(=O)N3)cc2)cc1. The van der Waals surface area contributed by atoms with Crippen molar-refractivity contribution in [2.24, 2.45) is 0 Å². The quantitative estimate of drug-likeness (QED) is 0.478. The lowest BCUT2D eigenvalue weighted by atomic mass is 10.1. The van der Waals surface area contributed by atoms with Gasteiger partial charge in [-0.15, -0.1) is 0 Å². The van der Waals surface area contributed by atoms with Crippen molar-refractivity contribution in [3.05, 3.63) is 83.4 Å². The molecular formula is C23H20F3N3O4S. The molecular weight excluding hydrogens is 471 g/mol. The number of amides is 1. The molecule has 3 aromatic rings. The van der Waals surface area contributed by atoms with Gasteiger partial charge in [-0.2, -0.15) is 17.9 Å². The van der Waals surface area contributed by atoms with Gasteiger partial charge in [-0.05, 0) is 67.1 Å². The van der Waals surface area contributed by atoms with E-state index < -0.39 is 27.9 Å². The Balaban J connectivity index is 1.51. The Kier molecular flexibility index (Phi) is 6.24. The largest absolute Gasteiger partial charge is 0.494 e. The van der Waals surface area contributed by atoms with Crippen LogP contribution in [0.5, 0.6) is 5.75 Å². The first-order valence-electron chi connectivity index (χ1n) is 10.2. The summed E-state index contributed by atoms with van der Waals surface area (Å²) in [5.74, 6) is 0.296. The summed E-state index contributed by atoms with van der Waals surface area (Å²) >= 11 is 0. The first-order chi connectivity index (χ1) is 16.1. The molecule has 3 aromatic carbocycles. The average Bonchev–Trinajstić information content (AvgIpc) is 2.79. The van der Waals surface area contributed by atoms with E-state index in [4.69, 9.17) is 4.74 Å². The molecule has 1 aliphatic rings. The van der Waals surface area contributed by atoms with Crippen molar-refractivity contribution in [2.75, 3.05) is 17.2 Å². The normalized spacial score (nSPS) is 16.8. The number of benzene rings is 3. The maximum absolute atomic E-state index is 13.1. The number of fused-ring (bicyclic) bond motifs is 1. The number of hydrogen-bond donors (Lipinski definition) is 3. The second-order valence-electron chi connectivity index (χ2n) is 7.44. The van der Waals surface area contributed by atoms with Crippen LogP contribution in [-0.4, -0.2) is 20.9 Å². The summed E-state index contributed by atoms with van der Waals surface area (Å²) in [7, 11) is -4.05. The molecule has 0 aromatic heterocycles. The molecule has 0 unspecified atom stereocenters. The Morgan fingerprint density at radius 2 is 1.71 bits per heavy atom. The van der Waals surface area contributed by atoms with Crippen molar-refractivity contribution < 1.29 is 31.1 Å². The van der Waals surface area contributed by atoms with E-state index in [1.165, 1.54) is 24.3 Å². The molecule has 0 bridgehead atoms. The molecule has 3 N–H and O–H groups in total. The highest BCUT2D eigenvalue weighted by atomic mass is 32.2. The summed E-state index contributed by atoms with van der Waals surface area (Å²) in [5.41, 5.74) is 0.184. The van der Waals surface area contributed by atoms with E-state index >= 15 is 0 Å². The molecule has 34 heavy (non-hydrogen) atoms. The maximum Gasteiger partial charge on any atom is 0.416 e. The number of sulfonamides is 1. The van der Waals surface area contributed by atoms with Gasteiger partial charge in [0.25, 0.3) is 5.91 Å². The Morgan fingerprint density at radius 1 is 1.03 bits per heavy atom. The zero-order valence-electron chi connectivity index (χ0n) is 17.8. The second-order valence-corrected chi connectivity index (χ2v) is 9.12. The predicted octanol–water partition coefficient (Wildman–Crippen LogP) is 4.76. The van der Waals surface area contributed by atoms with Crippen molar-refractivity contribution in [3.8, 4) is 5.75 Å². The summed E-state index contributed by atoms with van der Waals surface area (Å²) in [6.07, 6.45) is -5.62. The number of alkyl halides is 3. The van der Waals surface area contributed by atoms with Crippen LogP contribution >= 0.6 is 0 Å². The number of carbonyl (C=O) groups is 1. The number of anilines is 2. The van der Waals surface area contributed by atoms with Crippen LogP contribution in [0.15, 0.2) is 71.6 Å². The molecule has 0 saturated carbocycles. The standard InChI is InChI=1S/C23H20F3N3O4S/c1-2-33-18-10-8-17(9-11-18)27-22(30)15-5-3-14(4-6-15)21-28-19-13-16(23(24,25)26)7-12-20(19)34(31,32)29-21/h3-13,21,28-29H,2H2,1H3,(H,27,30)/t21-/m0/s1. The van der Waals surface area contributed by atoms with Crippen LogP contribution in [0.25, 0.3) is 0 Å². The van der Waals surface area contributed by atoms with E-state index in [1.54, 1.807) is 24.3 Å². The number of rotatable bonds is 5. The van der Waals surface area contributed by atoms with E-state index in [0.717, 1.165) is 18.2 Å². The third-order valence-corrected chi connectivity index (χ3v) is 6.58. The van der Waals surface area contributed by atoms with Gasteiger partial charge >= 0.3 is 6.18 Å². The van der Waals surface area contributed by atoms with Crippen LogP contribution < -0.4 is 20.1 Å². The van der Waals surface area contributed by atoms with E-state index in [2.05, 4.69) is 15.4 Å². The third-order valence-electron chi connectivity index (χ3n) is 5.10. The number of halogens is 3. The minimum atomic E-state index is -4.61. The molecule has 178 valence electrons. The van der Waals surface area contributed by atoms with Crippen LogP contribution in [0.1, 0.15) is 34.6 Å². The summed E-state index contributed by atoms with van der Waals surface area (Å²) in [5, 5.41) is 5.53. The van der Waals surface area contributed by atoms with Gasteiger partial charge in [-0.1, -0.05) is 12.1 Å². The molecule has 4 rings (SSSR count). The molecule has 0 spiro atoms. The number of carbonyl (C=O) groups excluding carboxylic acids is 1. The lowest BCUT2D eigenvalue weighted by Gasteiger charge is -2.29. The highest BCUT2D eigenvalue weighted by Gasteiger charge is 2.35. The third kappa shape index (κ3) is 5.00. The Hall–Kier alpha value is -3.57. The van der Waals surface area contributed by atoms with Crippen molar-refractivity contribution >= 4 is 27.3 Å². The lowest BCUT2D eigenvalue weighted by molar-refractivity contribution is -0.137. The molecule has 0 radical (unpaired) electrons. The van der Waals surface area contributed by atoms with Gasteiger partial charge in [0.2, 0.25) is 10.0 Å². The fourth-order valence-corrected chi connectivity index (χ4v) is 4.73. The number of nitrogens with one attached hydrogen (secondary N) is 3. The lowest BCUT2D eigenvalue weighted by Crippen LogP contribution is -2.38. The molecule has 0 saturated heterocycles. The van der Waals surface area contributed by atoms with Crippen LogP contribution in [0, 0.1) is 0 Å². The van der Waals surface area contributed by atoms with E-state index in [9.17, 15) is 26.4 Å². The smallest absolute Gasteiger partial charge is 0.416 e. The topological polar surface area (TPSA) is 96.5 Å². The minimum Gasteiger partial charge on any atom is -0.494 e. The molecule has 1 aliphatic heterocycles. The summed E-state index contributed by atoms with van der Waals surface area (Å²) in [6.45, 7) is 2.39. The first kappa shape index (κ1) is 23.6. The first-order valence-corrected chi connectivity index (χ1v) is 11.7. The Labute approximate surface area is 194 Å². The van der Waals surface area contributed by atoms with Crippen LogP contribution in [0.2, 0.25) is 0 Å². The fraction of sp³-hybridized carbons (Fsp3) is 0.174. The van der Waals surface area contributed by atoms with Crippen molar-refractivity contribution in [3.63, 3.8) is 0 Å². The Bertz CT molecular complexity index is 1310. The molecule has 7 nitrogen and oxygen atoms in total. The monoisotopic (exact) mass is 491 g/mol. The summed E-state index contributed by atoms with van der Waals surface area (Å²) in [4.78, 5) is 12.3. The van der Waals surface area contributed by atoms with Gasteiger partial charge in [0.05, 0.1) is 17.9 Å². The van der Waals surface area contributed by atoms with E-state index in [-0.39, 0.29) is 16.5 Å². The zero-order valence-corrected chi connectivity index (χ0v) is 18.6. The Morgan fingerprint density at radius 3 is 2.32 bits per heavy atom. The average molecular weight is 491 g/mol. The van der Waals surface area contributed by atoms with Gasteiger partial charge in [-0.3, -0.25) is 4.79 Å². The van der Waals surface area contributed by atoms with Gasteiger partial charge in [0.1, 0.15) is 16.8 Å². The minimum absolute atomic E-state index is 0.157. The van der Waals surface area contributed by atoms with Crippen molar-refractivity contribution in [2.45, 2.75) is 24.2 Å². The summed E-state index contributed by atoms with van der Waals surface area (Å²) in [6, 6.07) is 15.3. The molecule has 0 aliphatic carbocycles. The molecule has 1 heterocycles. The second kappa shape index (κ2) is 8.99. The highest BCUT2D eigenvalue weighted by Crippen LogP contribution is 2.37. The maximum atomic E-state index is 13.1. The number of hydrogen-bond acceptors (Lipinski definition) is 5. The van der Waals surface area contributed by atoms with Gasteiger partial charge in [0.15, 0.2) is 0 Å². The van der Waals surface area contributed by atoms with Crippen LogP contribution in [-0.2, 0) is 16.2 Å². The predicted molar refractivity (Wildman–Crippen MR) is 120 cm³/mol. The van der Waals surface area contributed by atoms with E-state index in [0.29, 0.717) is 29.2 Å². The highest BCUT2D eigenvalue weighted by molar-refractivity contribution is 7.89. The molecule has 11 heteroatoms. The van der Waals surface area contributed by atoms with Crippen molar-refractivity contribution in [1.82, 2.24) is 4.72 Å². The fourth-order valence-electron chi connectivity index (χ4n) is 3.44. The zero-order chi connectivity index (χ0) is 24.5. The van der Waals surface area contributed by atoms with Gasteiger partial charge in [-0.25, -0.2) is 8.42 Å². The van der Waals surface area contributed by atoms with E-state index in [1.807, 2.05) is 6.92 Å². The summed E-state index contributed by atoms with van der Waals surface area (Å²) < 4.78 is 72.1. The van der Waals surface area contributed by atoms with Crippen LogP contribution in [0.4, 0.5) is 24.5 Å². The van der Waals surface area contributed by atoms with Crippen LogP contribution in [0.3, 0.4) is 0 Å². The van der Waals surface area contributed by atoms with Gasteiger partial charge < -0.3 is 15.4 Å². The molecule has 1 atom stereocenters. The molecule has 0 fully saturated rings. The van der Waals surface area contributed by atoms with Gasteiger partial charge in [0, 0.05) is 11.3 Å². The van der Waals surface area contributed by atoms with Crippen molar-refractivity contribution in [1.29, 1.82) is 0 Å². The number of ether oxygens (including phenoxy) is 1. The molecule has 1 amide bonds.